The lowest BCUT2D eigenvalue weighted by Crippen LogP contribution is -2.30. The summed E-state index contributed by atoms with van der Waals surface area (Å²) in [6.07, 6.45) is 1.69. The first-order chi connectivity index (χ1) is 11.6. The highest BCUT2D eigenvalue weighted by Gasteiger charge is 2.20. The molecule has 5 heteroatoms. The maximum atomic E-state index is 12.4. The standard InChI is InChI=1S/C19H18N2O3/c1-21-12-16(15-5-3-4-6-17(15)21)18(22)19(23)20-11-13-7-9-14(24-2)10-8-13/h3-10,12H,11H2,1-2H3,(H,20,23). The Kier molecular flexibility index (Phi) is 4.33. The lowest BCUT2D eigenvalue weighted by molar-refractivity contribution is -0.117. The molecule has 0 aliphatic rings. The highest BCUT2D eigenvalue weighted by Crippen LogP contribution is 2.20. The molecular formula is C19H18N2O3. The van der Waals surface area contributed by atoms with Crippen molar-refractivity contribution in [1.82, 2.24) is 9.88 Å². The van der Waals surface area contributed by atoms with Crippen LogP contribution in [0.25, 0.3) is 10.9 Å². The van der Waals surface area contributed by atoms with Crippen LogP contribution in [0.5, 0.6) is 5.75 Å². The molecule has 122 valence electrons. The molecule has 3 rings (SSSR count). The van der Waals surface area contributed by atoms with Gasteiger partial charge in [-0.15, -0.1) is 0 Å². The number of nitrogens with one attached hydrogen (secondary N) is 1. The predicted molar refractivity (Wildman–Crippen MR) is 92.1 cm³/mol. The van der Waals surface area contributed by atoms with E-state index in [4.69, 9.17) is 4.74 Å². The molecule has 2 aromatic carbocycles. The van der Waals surface area contributed by atoms with Crippen LogP contribution in [0.1, 0.15) is 15.9 Å². The number of rotatable bonds is 5. The SMILES string of the molecule is COc1ccc(CNC(=O)C(=O)c2cn(C)c3ccccc23)cc1. The molecule has 0 spiro atoms. The number of hydrogen-bond acceptors (Lipinski definition) is 3. The molecule has 5 nitrogen and oxygen atoms in total. The summed E-state index contributed by atoms with van der Waals surface area (Å²) in [7, 11) is 3.45. The number of fused-ring (bicyclic) bond motifs is 1. The Hall–Kier alpha value is -3.08. The molecule has 1 heterocycles. The number of aromatic nitrogens is 1. The molecule has 0 radical (unpaired) electrons. The largest absolute Gasteiger partial charge is 0.497 e. The number of methoxy groups -OCH3 is 1. The molecule has 0 bridgehead atoms. The van der Waals surface area contributed by atoms with Crippen LogP contribution in [-0.4, -0.2) is 23.4 Å². The third-order valence-corrected chi connectivity index (χ3v) is 3.96. The van der Waals surface area contributed by atoms with E-state index in [9.17, 15) is 9.59 Å². The van der Waals surface area contributed by atoms with Crippen LogP contribution in [0.3, 0.4) is 0 Å². The van der Waals surface area contributed by atoms with Gasteiger partial charge in [0.05, 0.1) is 12.7 Å². The Balaban J connectivity index is 1.73. The minimum absolute atomic E-state index is 0.291. The normalized spacial score (nSPS) is 10.6. The Labute approximate surface area is 139 Å². The molecule has 0 fully saturated rings. The van der Waals surface area contributed by atoms with E-state index in [0.29, 0.717) is 12.1 Å². The van der Waals surface area contributed by atoms with Crippen LogP contribution >= 0.6 is 0 Å². The number of Topliss-reactive ketones (excluding diaryl/α,β-unsaturated/α-hetero) is 1. The van der Waals surface area contributed by atoms with E-state index in [1.54, 1.807) is 13.3 Å². The van der Waals surface area contributed by atoms with Gasteiger partial charge >= 0.3 is 0 Å². The number of nitrogens with zero attached hydrogens (tertiary/aromatic N) is 1. The van der Waals surface area contributed by atoms with Crippen LogP contribution in [0.2, 0.25) is 0 Å². The summed E-state index contributed by atoms with van der Waals surface area (Å²) < 4.78 is 6.94. The lowest BCUT2D eigenvalue weighted by atomic mass is 10.1. The first-order valence-corrected chi connectivity index (χ1v) is 7.59. The first-order valence-electron chi connectivity index (χ1n) is 7.59. The zero-order chi connectivity index (χ0) is 17.1. The predicted octanol–water partition coefficient (Wildman–Crippen LogP) is 2.69. The van der Waals surface area contributed by atoms with Crippen molar-refractivity contribution in [3.63, 3.8) is 0 Å². The number of ketones is 1. The lowest BCUT2D eigenvalue weighted by Gasteiger charge is -2.05. The summed E-state index contributed by atoms with van der Waals surface area (Å²) in [6.45, 7) is 0.291. The molecule has 1 amide bonds. The van der Waals surface area contributed by atoms with E-state index in [1.165, 1.54) is 0 Å². The van der Waals surface area contributed by atoms with Gasteiger partial charge in [-0.3, -0.25) is 9.59 Å². The highest BCUT2D eigenvalue weighted by atomic mass is 16.5. The van der Waals surface area contributed by atoms with Gasteiger partial charge in [0.1, 0.15) is 5.75 Å². The molecule has 24 heavy (non-hydrogen) atoms. The van der Waals surface area contributed by atoms with E-state index in [-0.39, 0.29) is 0 Å². The molecule has 0 aliphatic heterocycles. The van der Waals surface area contributed by atoms with Gasteiger partial charge in [0, 0.05) is 30.7 Å². The second kappa shape index (κ2) is 6.58. The number of aryl methyl sites for hydroxylation is 1. The van der Waals surface area contributed by atoms with Gasteiger partial charge in [-0.1, -0.05) is 30.3 Å². The fourth-order valence-corrected chi connectivity index (χ4v) is 2.65. The van der Waals surface area contributed by atoms with Crippen LogP contribution < -0.4 is 10.1 Å². The average Bonchev–Trinajstić information content (AvgIpc) is 2.96. The summed E-state index contributed by atoms with van der Waals surface area (Å²) in [4.78, 5) is 24.6. The summed E-state index contributed by atoms with van der Waals surface area (Å²) in [5.41, 5.74) is 2.24. The van der Waals surface area contributed by atoms with Gasteiger partial charge in [0.15, 0.2) is 0 Å². The molecule has 0 aliphatic carbocycles. The monoisotopic (exact) mass is 322 g/mol. The zero-order valence-corrected chi connectivity index (χ0v) is 13.6. The van der Waals surface area contributed by atoms with Crippen molar-refractivity contribution in [3.8, 4) is 5.75 Å². The Morgan fingerprint density at radius 3 is 2.50 bits per heavy atom. The van der Waals surface area contributed by atoms with Crippen LogP contribution in [0.15, 0.2) is 54.7 Å². The molecule has 1 N–H and O–H groups in total. The average molecular weight is 322 g/mol. The smallest absolute Gasteiger partial charge is 0.292 e. The third kappa shape index (κ3) is 3.01. The van der Waals surface area contributed by atoms with E-state index in [1.807, 2.05) is 60.1 Å². The van der Waals surface area contributed by atoms with Crippen molar-refractivity contribution in [2.75, 3.05) is 7.11 Å². The Morgan fingerprint density at radius 1 is 1.08 bits per heavy atom. The second-order valence-corrected chi connectivity index (χ2v) is 5.53. The highest BCUT2D eigenvalue weighted by molar-refractivity contribution is 6.44. The molecular weight excluding hydrogens is 304 g/mol. The van der Waals surface area contributed by atoms with Crippen LogP contribution in [-0.2, 0) is 18.4 Å². The van der Waals surface area contributed by atoms with E-state index in [0.717, 1.165) is 22.2 Å². The summed E-state index contributed by atoms with van der Waals surface area (Å²) in [5, 5.41) is 3.45. The maximum Gasteiger partial charge on any atom is 0.292 e. The fourth-order valence-electron chi connectivity index (χ4n) is 2.65. The van der Waals surface area contributed by atoms with E-state index < -0.39 is 11.7 Å². The Morgan fingerprint density at radius 2 is 1.79 bits per heavy atom. The second-order valence-electron chi connectivity index (χ2n) is 5.53. The van der Waals surface area contributed by atoms with Gasteiger partial charge < -0.3 is 14.6 Å². The zero-order valence-electron chi connectivity index (χ0n) is 13.6. The van der Waals surface area contributed by atoms with Crippen molar-refractivity contribution in [1.29, 1.82) is 0 Å². The number of carbonyl (C=O) groups is 2. The van der Waals surface area contributed by atoms with Gasteiger partial charge in [-0.2, -0.15) is 0 Å². The van der Waals surface area contributed by atoms with Crippen molar-refractivity contribution >= 4 is 22.6 Å². The van der Waals surface area contributed by atoms with Gasteiger partial charge in [0.25, 0.3) is 11.7 Å². The van der Waals surface area contributed by atoms with E-state index in [2.05, 4.69) is 5.32 Å². The third-order valence-electron chi connectivity index (χ3n) is 3.96. The van der Waals surface area contributed by atoms with Gasteiger partial charge in [-0.05, 0) is 23.8 Å². The topological polar surface area (TPSA) is 60.3 Å². The van der Waals surface area contributed by atoms with Crippen molar-refractivity contribution in [3.05, 3.63) is 65.9 Å². The van der Waals surface area contributed by atoms with E-state index >= 15 is 0 Å². The molecule has 3 aromatic rings. The molecule has 0 saturated carbocycles. The minimum Gasteiger partial charge on any atom is -0.497 e. The Bertz CT molecular complexity index is 895. The maximum absolute atomic E-state index is 12.4. The van der Waals surface area contributed by atoms with Crippen LogP contribution in [0, 0.1) is 0 Å². The quantitative estimate of drug-likeness (QED) is 0.580. The minimum atomic E-state index is -0.609. The number of benzene rings is 2. The number of para-hydroxylation sites is 1. The fraction of sp³-hybridized carbons (Fsp3) is 0.158. The number of hydrogen-bond donors (Lipinski definition) is 1. The van der Waals surface area contributed by atoms with Gasteiger partial charge in [0.2, 0.25) is 0 Å². The summed E-state index contributed by atoms with van der Waals surface area (Å²) in [5.74, 6) is -0.389. The molecule has 0 saturated heterocycles. The number of carbonyl (C=O) groups excluding carboxylic acids is 2. The number of ether oxygens (including phenoxy) is 1. The molecule has 1 aromatic heterocycles. The molecule has 0 unspecified atom stereocenters. The van der Waals surface area contributed by atoms with Gasteiger partial charge in [-0.25, -0.2) is 0 Å². The van der Waals surface area contributed by atoms with Crippen molar-refractivity contribution < 1.29 is 14.3 Å². The van der Waals surface area contributed by atoms with Crippen molar-refractivity contribution in [2.45, 2.75) is 6.54 Å². The molecule has 0 atom stereocenters. The van der Waals surface area contributed by atoms with Crippen LogP contribution in [0.4, 0.5) is 0 Å². The first kappa shape index (κ1) is 15.8. The van der Waals surface area contributed by atoms with Crippen molar-refractivity contribution in [2.24, 2.45) is 7.05 Å². The number of amides is 1. The summed E-state index contributed by atoms with van der Waals surface area (Å²) in [6, 6.07) is 14.8. The summed E-state index contributed by atoms with van der Waals surface area (Å²) >= 11 is 0.